The highest BCUT2D eigenvalue weighted by atomic mass is 32.2. The number of pyridine rings is 1. The van der Waals surface area contributed by atoms with E-state index < -0.39 is 0 Å². The van der Waals surface area contributed by atoms with Crippen LogP contribution < -0.4 is 5.32 Å². The molecule has 0 bridgehead atoms. The summed E-state index contributed by atoms with van der Waals surface area (Å²) in [6.45, 7) is 3.07. The lowest BCUT2D eigenvalue weighted by Gasteiger charge is -2.19. The first-order valence-corrected chi connectivity index (χ1v) is 11.0. The van der Waals surface area contributed by atoms with Crippen LogP contribution >= 0.6 is 11.8 Å². The summed E-state index contributed by atoms with van der Waals surface area (Å²) in [4.78, 5) is 20.5. The fourth-order valence-corrected chi connectivity index (χ4v) is 5.15. The molecule has 0 spiro atoms. The number of carbonyl (C=O) groups is 1. The Balaban J connectivity index is 1.15. The van der Waals surface area contributed by atoms with Gasteiger partial charge in [0, 0.05) is 19.1 Å². The minimum Gasteiger partial charge on any atom is -0.348 e. The molecule has 1 aromatic carbocycles. The van der Waals surface area contributed by atoms with Crippen molar-refractivity contribution in [2.75, 3.05) is 19.6 Å². The molecule has 1 saturated heterocycles. The molecule has 3 aromatic rings. The molecule has 0 saturated carbocycles. The van der Waals surface area contributed by atoms with Crippen molar-refractivity contribution in [3.05, 3.63) is 70.9 Å². The minimum atomic E-state index is 0.0237. The van der Waals surface area contributed by atoms with Gasteiger partial charge >= 0.3 is 0 Å². The summed E-state index contributed by atoms with van der Waals surface area (Å²) in [5.74, 6) is 0.0237. The minimum absolute atomic E-state index is 0.0237. The van der Waals surface area contributed by atoms with Gasteiger partial charge in [-0.2, -0.15) is 0 Å². The molecule has 148 valence electrons. The molecule has 4 heterocycles. The summed E-state index contributed by atoms with van der Waals surface area (Å²) in [6.07, 6.45) is 7.05. The number of rotatable bonds is 6. The molecule has 1 N–H and O–H groups in total. The second kappa shape index (κ2) is 8.05. The number of thioether (sulfide) groups is 1. The van der Waals surface area contributed by atoms with Crippen LogP contribution in [0.5, 0.6) is 0 Å². The topological polar surface area (TPSA) is 49.6 Å². The first-order valence-electron chi connectivity index (χ1n) is 10.2. The Bertz CT molecular complexity index is 1060. The fraction of sp³-hybridized carbons (Fsp3) is 0.304. The summed E-state index contributed by atoms with van der Waals surface area (Å²) >= 11 is 1.52. The lowest BCUT2D eigenvalue weighted by Crippen LogP contribution is -2.37. The van der Waals surface area contributed by atoms with Gasteiger partial charge in [-0.25, -0.2) is 4.98 Å². The standard InChI is InChI=1S/C23H24N4OS/c28-23(20-14-19-15-24-21-9-4-10-22(29-20)27(19)21)25-18-11-13-26(16-18)12-5-8-17-6-2-1-3-7-17/h1-4,6-7,9-10,14-15,18H,5,8,11-13,16H2,(H,25,28). The lowest BCUT2D eigenvalue weighted by atomic mass is 10.1. The zero-order valence-electron chi connectivity index (χ0n) is 16.3. The van der Waals surface area contributed by atoms with E-state index in [9.17, 15) is 4.79 Å². The van der Waals surface area contributed by atoms with Crippen molar-refractivity contribution in [2.45, 2.75) is 30.3 Å². The van der Waals surface area contributed by atoms with E-state index in [0.29, 0.717) is 0 Å². The van der Waals surface area contributed by atoms with Crippen molar-refractivity contribution in [3.8, 4) is 0 Å². The second-order valence-electron chi connectivity index (χ2n) is 7.70. The Morgan fingerprint density at radius 2 is 2.07 bits per heavy atom. The highest BCUT2D eigenvalue weighted by Gasteiger charge is 2.26. The number of likely N-dealkylation sites (tertiary alicyclic amines) is 1. The van der Waals surface area contributed by atoms with E-state index in [1.54, 1.807) is 0 Å². The maximum Gasteiger partial charge on any atom is 0.258 e. The van der Waals surface area contributed by atoms with Crippen LogP contribution in [0.15, 0.2) is 64.7 Å². The van der Waals surface area contributed by atoms with Gasteiger partial charge in [-0.15, -0.1) is 0 Å². The Hall–Kier alpha value is -2.57. The average Bonchev–Trinajstić information content (AvgIpc) is 3.37. The Morgan fingerprint density at radius 3 is 2.97 bits per heavy atom. The molecule has 1 amide bonds. The van der Waals surface area contributed by atoms with Crippen LogP contribution in [0.4, 0.5) is 0 Å². The first-order chi connectivity index (χ1) is 14.3. The van der Waals surface area contributed by atoms with Gasteiger partial charge in [0.05, 0.1) is 21.8 Å². The molecule has 0 radical (unpaired) electrons. The molecule has 5 rings (SSSR count). The Labute approximate surface area is 174 Å². The maximum absolute atomic E-state index is 12.9. The van der Waals surface area contributed by atoms with Gasteiger partial charge in [0.25, 0.3) is 5.91 Å². The largest absolute Gasteiger partial charge is 0.348 e. The molecule has 2 aromatic heterocycles. The number of aryl methyl sites for hydroxylation is 1. The Kier molecular flexibility index (Phi) is 5.12. The van der Waals surface area contributed by atoms with Crippen LogP contribution in [0, 0.1) is 0 Å². The molecule has 6 heteroatoms. The summed E-state index contributed by atoms with van der Waals surface area (Å²) in [7, 11) is 0. The zero-order chi connectivity index (χ0) is 19.6. The number of amides is 1. The molecule has 2 aliphatic heterocycles. The van der Waals surface area contributed by atoms with Crippen molar-refractivity contribution in [1.82, 2.24) is 19.6 Å². The molecule has 5 nitrogen and oxygen atoms in total. The number of hydrogen-bond acceptors (Lipinski definition) is 4. The number of aromatic nitrogens is 2. The number of benzene rings is 1. The van der Waals surface area contributed by atoms with Crippen LogP contribution in [0.25, 0.3) is 11.7 Å². The molecule has 2 aliphatic rings. The smallest absolute Gasteiger partial charge is 0.258 e. The molecular weight excluding hydrogens is 380 g/mol. The fourth-order valence-electron chi connectivity index (χ4n) is 4.16. The Morgan fingerprint density at radius 1 is 1.17 bits per heavy atom. The van der Waals surface area contributed by atoms with Gasteiger partial charge in [-0.05, 0) is 49.6 Å². The number of imidazole rings is 1. The summed E-state index contributed by atoms with van der Waals surface area (Å²) in [5.41, 5.74) is 3.28. The zero-order valence-corrected chi connectivity index (χ0v) is 17.1. The summed E-state index contributed by atoms with van der Waals surface area (Å²) in [6, 6.07) is 16.9. The first kappa shape index (κ1) is 18.5. The van der Waals surface area contributed by atoms with Crippen LogP contribution in [-0.2, 0) is 11.2 Å². The molecule has 0 aliphatic carbocycles. The molecule has 29 heavy (non-hydrogen) atoms. The summed E-state index contributed by atoms with van der Waals surface area (Å²) in [5, 5.41) is 4.28. The maximum atomic E-state index is 12.9. The van der Waals surface area contributed by atoms with Crippen LogP contribution in [0.2, 0.25) is 0 Å². The van der Waals surface area contributed by atoms with Crippen molar-refractivity contribution < 1.29 is 4.79 Å². The van der Waals surface area contributed by atoms with Crippen LogP contribution in [0.1, 0.15) is 24.1 Å². The number of carbonyl (C=O) groups excluding carboxylic acids is 1. The van der Waals surface area contributed by atoms with Crippen LogP contribution in [-0.4, -0.2) is 45.9 Å². The van der Waals surface area contributed by atoms with Gasteiger partial charge < -0.3 is 10.2 Å². The van der Waals surface area contributed by atoms with Gasteiger partial charge in [-0.1, -0.05) is 48.2 Å². The third-order valence-corrected chi connectivity index (χ3v) is 6.68. The molecular formula is C23H24N4OS. The van der Waals surface area contributed by atoms with E-state index in [0.717, 1.165) is 60.2 Å². The number of hydrogen-bond donors (Lipinski definition) is 1. The van der Waals surface area contributed by atoms with Gasteiger partial charge in [0.15, 0.2) is 0 Å². The lowest BCUT2D eigenvalue weighted by molar-refractivity contribution is -0.117. The quantitative estimate of drug-likeness (QED) is 0.682. The predicted molar refractivity (Wildman–Crippen MR) is 117 cm³/mol. The highest BCUT2D eigenvalue weighted by molar-refractivity contribution is 8.04. The van der Waals surface area contributed by atoms with Gasteiger partial charge in [-0.3, -0.25) is 9.20 Å². The van der Waals surface area contributed by atoms with E-state index in [2.05, 4.69) is 49.9 Å². The number of nitrogens with one attached hydrogen (secondary N) is 1. The van der Waals surface area contributed by atoms with Crippen molar-refractivity contribution in [1.29, 1.82) is 0 Å². The van der Waals surface area contributed by atoms with Crippen LogP contribution in [0.3, 0.4) is 0 Å². The van der Waals surface area contributed by atoms with Crippen molar-refractivity contribution in [3.63, 3.8) is 0 Å². The van der Waals surface area contributed by atoms with E-state index in [4.69, 9.17) is 0 Å². The number of nitrogens with zero attached hydrogens (tertiary/aromatic N) is 3. The van der Waals surface area contributed by atoms with Gasteiger partial charge in [0.1, 0.15) is 5.65 Å². The normalized spacial score (nSPS) is 18.8. The molecule has 1 unspecified atom stereocenters. The third-order valence-electron chi connectivity index (χ3n) is 5.63. The van der Waals surface area contributed by atoms with E-state index in [-0.39, 0.29) is 11.9 Å². The van der Waals surface area contributed by atoms with Gasteiger partial charge in [0.2, 0.25) is 0 Å². The van der Waals surface area contributed by atoms with Crippen molar-refractivity contribution in [2.24, 2.45) is 0 Å². The van der Waals surface area contributed by atoms with E-state index in [1.165, 1.54) is 17.3 Å². The molecule has 1 fully saturated rings. The highest BCUT2D eigenvalue weighted by Crippen LogP contribution is 2.34. The molecule has 1 atom stereocenters. The van der Waals surface area contributed by atoms with Crippen molar-refractivity contribution >= 4 is 29.4 Å². The SMILES string of the molecule is O=C(NC1CCN(CCCc2ccccc2)C1)C1=Cc2cnc3cccc(n23)S1. The average molecular weight is 405 g/mol. The monoisotopic (exact) mass is 404 g/mol. The van der Waals surface area contributed by atoms with E-state index in [1.807, 2.05) is 30.5 Å². The van der Waals surface area contributed by atoms with E-state index >= 15 is 0 Å². The predicted octanol–water partition coefficient (Wildman–Crippen LogP) is 3.60. The third kappa shape index (κ3) is 3.95. The second-order valence-corrected chi connectivity index (χ2v) is 8.76. The summed E-state index contributed by atoms with van der Waals surface area (Å²) < 4.78 is 2.09.